The average molecular weight is 967 g/mol. The zero-order chi connectivity index (χ0) is 52.4. The third-order valence-electron chi connectivity index (χ3n) is 10.7. The Bertz CT molecular complexity index is 2820. The quantitative estimate of drug-likeness (QED) is 0.0589. The van der Waals surface area contributed by atoms with E-state index in [1.165, 1.54) is 0 Å². The molecule has 0 heterocycles. The van der Waals surface area contributed by atoms with Crippen LogP contribution in [-0.4, -0.2) is 47.0 Å². The van der Waals surface area contributed by atoms with E-state index in [1.54, 1.807) is 95.2 Å². The fourth-order valence-corrected chi connectivity index (χ4v) is 7.96. The zero-order valence-corrected chi connectivity index (χ0v) is 43.8. The standard InChI is InChI=1S/C59H66O12/c1-34-28-39(24-26-47(34)64-52(60)68-56(5,6)7)41-30-36(3)50(66-54(62)70-58(11,12)13)45(32-41)49(44-23-19-21-38-20-17-18-22-43(38)44)46-33-42(31-37(4)51(46)67-55(63)71-59(14,15)16)40-25-27-48(35(2)29-40)65-53(61)69-57(8,9)10/h17-33,49H,1-16H3. The number of rotatable bonds is 9. The SMILES string of the molecule is Cc1cc(-c2cc(C)c(OC(=O)OC(C)(C)C)c(C(c3cc(-c4ccc(OC(=O)OC(C)(C)C)c(C)c4)cc(C)c3OC(=O)OC(C)(C)C)c3cccc4ccccc34)c2)ccc1OC(=O)OC(C)(C)C. The molecular weight excluding hydrogens is 901 g/mol. The Hall–Kier alpha value is -7.34. The van der Waals surface area contributed by atoms with Crippen LogP contribution in [0.5, 0.6) is 23.0 Å². The van der Waals surface area contributed by atoms with Gasteiger partial charge in [0, 0.05) is 17.0 Å². The molecule has 0 bridgehead atoms. The summed E-state index contributed by atoms with van der Waals surface area (Å²) in [6, 6.07) is 32.6. The van der Waals surface area contributed by atoms with Gasteiger partial charge in [-0.05, 0) is 220 Å². The van der Waals surface area contributed by atoms with Gasteiger partial charge >= 0.3 is 24.6 Å². The number of fused-ring (bicyclic) bond motifs is 1. The molecule has 0 fully saturated rings. The molecule has 0 saturated carbocycles. The molecule has 0 atom stereocenters. The smallest absolute Gasteiger partial charge is 0.428 e. The Morgan fingerprint density at radius 2 is 0.718 bits per heavy atom. The summed E-state index contributed by atoms with van der Waals surface area (Å²) in [5.41, 5.74) is 4.16. The van der Waals surface area contributed by atoms with Crippen molar-refractivity contribution in [2.75, 3.05) is 0 Å². The summed E-state index contributed by atoms with van der Waals surface area (Å²) in [7, 11) is 0. The van der Waals surface area contributed by atoms with Gasteiger partial charge in [-0.15, -0.1) is 0 Å². The van der Waals surface area contributed by atoms with E-state index in [9.17, 15) is 19.2 Å². The molecule has 0 unspecified atom stereocenters. The van der Waals surface area contributed by atoms with Gasteiger partial charge in [0.15, 0.2) is 0 Å². The normalized spacial score (nSPS) is 12.0. The van der Waals surface area contributed by atoms with Gasteiger partial charge in [-0.2, -0.15) is 0 Å². The number of hydrogen-bond acceptors (Lipinski definition) is 12. The maximum atomic E-state index is 13.9. The monoisotopic (exact) mass is 966 g/mol. The maximum absolute atomic E-state index is 13.9. The van der Waals surface area contributed by atoms with Crippen molar-refractivity contribution in [3.05, 3.63) is 142 Å². The third-order valence-corrected chi connectivity index (χ3v) is 10.7. The number of hydrogen-bond donors (Lipinski definition) is 0. The minimum Gasteiger partial charge on any atom is -0.428 e. The molecule has 0 spiro atoms. The zero-order valence-electron chi connectivity index (χ0n) is 43.8. The first-order valence-corrected chi connectivity index (χ1v) is 23.6. The van der Waals surface area contributed by atoms with Crippen molar-refractivity contribution >= 4 is 35.4 Å². The molecule has 6 rings (SSSR count). The Balaban J connectivity index is 1.66. The molecule has 0 aliphatic heterocycles. The molecule has 12 nitrogen and oxygen atoms in total. The third kappa shape index (κ3) is 14.1. The fraction of sp³-hybridized carbons (Fsp3) is 0.356. The Morgan fingerprint density at radius 3 is 1.10 bits per heavy atom. The second kappa shape index (κ2) is 20.6. The molecule has 0 aromatic heterocycles. The summed E-state index contributed by atoms with van der Waals surface area (Å²) in [4.78, 5) is 53.2. The number of ether oxygens (including phenoxy) is 8. The first kappa shape index (κ1) is 53.0. The highest BCUT2D eigenvalue weighted by Crippen LogP contribution is 2.49. The molecule has 0 aliphatic carbocycles. The minimum atomic E-state index is -0.912. The summed E-state index contributed by atoms with van der Waals surface area (Å²) in [6.07, 6.45) is -3.47. The van der Waals surface area contributed by atoms with Crippen LogP contribution in [0.3, 0.4) is 0 Å². The highest BCUT2D eigenvalue weighted by atomic mass is 16.7. The van der Waals surface area contributed by atoms with Crippen LogP contribution >= 0.6 is 0 Å². The molecular formula is C59H66O12. The maximum Gasteiger partial charge on any atom is 0.514 e. The first-order chi connectivity index (χ1) is 32.9. The van der Waals surface area contributed by atoms with Crippen LogP contribution in [0.1, 0.15) is 128 Å². The van der Waals surface area contributed by atoms with Crippen molar-refractivity contribution in [2.24, 2.45) is 0 Å². The van der Waals surface area contributed by atoms with Crippen LogP contribution in [-0.2, 0) is 18.9 Å². The van der Waals surface area contributed by atoms with Crippen LogP contribution < -0.4 is 18.9 Å². The highest BCUT2D eigenvalue weighted by molar-refractivity contribution is 5.88. The van der Waals surface area contributed by atoms with Gasteiger partial charge in [0.05, 0.1) is 0 Å². The molecule has 71 heavy (non-hydrogen) atoms. The summed E-state index contributed by atoms with van der Waals surface area (Å²) in [6.45, 7) is 28.5. The first-order valence-electron chi connectivity index (χ1n) is 23.6. The topological polar surface area (TPSA) is 142 Å². The number of carbonyl (C=O) groups is 4. The van der Waals surface area contributed by atoms with Crippen molar-refractivity contribution in [1.82, 2.24) is 0 Å². The van der Waals surface area contributed by atoms with Crippen molar-refractivity contribution < 1.29 is 57.1 Å². The van der Waals surface area contributed by atoms with Crippen LogP contribution in [0, 0.1) is 27.7 Å². The lowest BCUT2D eigenvalue weighted by atomic mass is 9.79. The molecule has 6 aromatic carbocycles. The van der Waals surface area contributed by atoms with Gasteiger partial charge in [0.2, 0.25) is 0 Å². The predicted octanol–water partition coefficient (Wildman–Crippen LogP) is 15.8. The fourth-order valence-electron chi connectivity index (χ4n) is 7.96. The van der Waals surface area contributed by atoms with Crippen LogP contribution in [0.4, 0.5) is 19.2 Å². The van der Waals surface area contributed by atoms with Gasteiger partial charge in [0.25, 0.3) is 0 Å². The second-order valence-electron chi connectivity index (χ2n) is 21.7. The van der Waals surface area contributed by atoms with E-state index in [0.29, 0.717) is 44.9 Å². The van der Waals surface area contributed by atoms with Gasteiger partial charge in [-0.1, -0.05) is 54.6 Å². The highest BCUT2D eigenvalue weighted by Gasteiger charge is 2.33. The van der Waals surface area contributed by atoms with E-state index in [-0.39, 0.29) is 11.5 Å². The van der Waals surface area contributed by atoms with Gasteiger partial charge < -0.3 is 37.9 Å². The molecule has 0 N–H and O–H groups in total. The van der Waals surface area contributed by atoms with Crippen molar-refractivity contribution in [2.45, 2.75) is 139 Å². The van der Waals surface area contributed by atoms with E-state index in [4.69, 9.17) is 37.9 Å². The van der Waals surface area contributed by atoms with E-state index in [1.807, 2.05) is 119 Å². The minimum absolute atomic E-state index is 0.230. The second-order valence-corrected chi connectivity index (χ2v) is 21.7. The van der Waals surface area contributed by atoms with E-state index in [0.717, 1.165) is 38.6 Å². The average Bonchev–Trinajstić information content (AvgIpc) is 3.22. The van der Waals surface area contributed by atoms with Gasteiger partial charge in [-0.25, -0.2) is 19.2 Å². The molecule has 0 radical (unpaired) electrons. The van der Waals surface area contributed by atoms with Crippen molar-refractivity contribution in [3.8, 4) is 45.3 Å². The lowest BCUT2D eigenvalue weighted by Crippen LogP contribution is -2.27. The summed E-state index contributed by atoms with van der Waals surface area (Å²) < 4.78 is 46.3. The van der Waals surface area contributed by atoms with Gasteiger partial charge in [-0.3, -0.25) is 0 Å². The van der Waals surface area contributed by atoms with Crippen molar-refractivity contribution in [3.63, 3.8) is 0 Å². The summed E-state index contributed by atoms with van der Waals surface area (Å²) in [5.74, 6) is 0.297. The number of carbonyl (C=O) groups excluding carboxylic acids is 4. The largest absolute Gasteiger partial charge is 0.514 e. The number of aryl methyl sites for hydroxylation is 4. The van der Waals surface area contributed by atoms with E-state index >= 15 is 0 Å². The van der Waals surface area contributed by atoms with Crippen LogP contribution in [0.25, 0.3) is 33.0 Å². The lowest BCUT2D eigenvalue weighted by molar-refractivity contribution is 0.0189. The Labute approximate surface area is 417 Å². The lowest BCUT2D eigenvalue weighted by Gasteiger charge is -2.28. The van der Waals surface area contributed by atoms with E-state index < -0.39 is 52.9 Å². The molecule has 0 amide bonds. The van der Waals surface area contributed by atoms with Crippen LogP contribution in [0.15, 0.2) is 103 Å². The Kier molecular flexibility index (Phi) is 15.3. The van der Waals surface area contributed by atoms with Gasteiger partial charge in [0.1, 0.15) is 45.4 Å². The number of benzene rings is 6. The molecule has 12 heteroatoms. The summed E-state index contributed by atoms with van der Waals surface area (Å²) in [5, 5.41) is 1.82. The van der Waals surface area contributed by atoms with E-state index in [2.05, 4.69) is 0 Å². The molecule has 6 aromatic rings. The molecule has 0 aliphatic rings. The molecule has 374 valence electrons. The Morgan fingerprint density at radius 1 is 0.366 bits per heavy atom. The summed E-state index contributed by atoms with van der Waals surface area (Å²) >= 11 is 0. The molecule has 0 saturated heterocycles. The van der Waals surface area contributed by atoms with Crippen LogP contribution in [0.2, 0.25) is 0 Å². The predicted molar refractivity (Wildman–Crippen MR) is 275 cm³/mol. The van der Waals surface area contributed by atoms with Crippen molar-refractivity contribution in [1.29, 1.82) is 0 Å².